The fourth-order valence-electron chi connectivity index (χ4n) is 4.62. The van der Waals surface area contributed by atoms with Gasteiger partial charge in [-0.2, -0.15) is 11.8 Å². The number of hydrogen-bond acceptors (Lipinski definition) is 12. The topological polar surface area (TPSA) is 267 Å². The number of nitrogens with zero attached hydrogens (tertiary/aromatic N) is 7. The van der Waals surface area contributed by atoms with E-state index in [0.717, 1.165) is 25.0 Å². The number of carboxylic acids is 1. The van der Waals surface area contributed by atoms with E-state index < -0.39 is 37.1 Å². The van der Waals surface area contributed by atoms with Crippen LogP contribution in [-0.4, -0.2) is 100.0 Å². The minimum Gasteiger partial charge on any atom is -0.481 e. The molecule has 3 fully saturated rings. The number of rotatable bonds is 8. The number of nitrogens with two attached hydrogens (primary N) is 1. The van der Waals surface area contributed by atoms with Gasteiger partial charge in [-0.3, -0.25) is 9.36 Å². The van der Waals surface area contributed by atoms with Crippen LogP contribution < -0.4 is 16.4 Å². The minimum atomic E-state index is -1.38. The molecule has 0 radical (unpaired) electrons. The first-order valence-corrected chi connectivity index (χ1v) is 12.9. The highest BCUT2D eigenvalue weighted by atomic mass is 32.2. The second-order valence-electron chi connectivity index (χ2n) is 8.89. The molecule has 2 aromatic rings. The zero-order valence-corrected chi connectivity index (χ0v) is 20.8. The van der Waals surface area contributed by atoms with Crippen LogP contribution in [-0.2, 0) is 9.53 Å². The number of nitrogens with one attached hydrogen (secondary N) is 2. The number of aliphatic hydroxyl groups is 3. The van der Waals surface area contributed by atoms with Crippen molar-refractivity contribution in [2.75, 3.05) is 18.1 Å². The lowest BCUT2D eigenvalue weighted by Crippen LogP contribution is -2.36. The molecule has 7 atom stereocenters. The maximum atomic E-state index is 11.1. The van der Waals surface area contributed by atoms with Crippen molar-refractivity contribution >= 4 is 46.7 Å². The zero-order chi connectivity index (χ0) is 27.4. The summed E-state index contributed by atoms with van der Waals surface area (Å²) in [6.45, 7) is -0.491. The van der Waals surface area contributed by atoms with Crippen molar-refractivity contribution < 1.29 is 34.8 Å². The van der Waals surface area contributed by atoms with Crippen LogP contribution in [0.5, 0.6) is 0 Å². The third-order valence-corrected chi connectivity index (χ3v) is 7.97. The van der Waals surface area contributed by atoms with Gasteiger partial charge in [-0.15, -0.1) is 0 Å². The number of anilines is 1. The summed E-state index contributed by atoms with van der Waals surface area (Å²) in [5, 5.41) is 47.3. The molecular weight excluding hydrogens is 524 g/mol. The summed E-state index contributed by atoms with van der Waals surface area (Å²) < 4.78 is 6.61. The predicted molar refractivity (Wildman–Crippen MR) is 133 cm³/mol. The molecule has 3 aliphatic heterocycles. The van der Waals surface area contributed by atoms with Gasteiger partial charge in [0.2, 0.25) is 5.95 Å². The van der Waals surface area contributed by atoms with Gasteiger partial charge in [-0.25, -0.2) is 19.7 Å². The average Bonchev–Trinajstić information content (AvgIpc) is 3.61. The number of aliphatic carboxylic acids is 1. The van der Waals surface area contributed by atoms with Crippen LogP contribution in [0.2, 0.25) is 0 Å². The Hall–Kier alpha value is -3.41. The van der Waals surface area contributed by atoms with Crippen LogP contribution in [0, 0.1) is 0 Å². The molecule has 0 bridgehead atoms. The third kappa shape index (κ3) is 5.69. The highest BCUT2D eigenvalue weighted by molar-refractivity contribution is 8.00. The summed E-state index contributed by atoms with van der Waals surface area (Å²) in [6.07, 6.45) is -0.769. The van der Waals surface area contributed by atoms with Crippen LogP contribution in [0.1, 0.15) is 31.9 Å². The van der Waals surface area contributed by atoms with Gasteiger partial charge < -0.3 is 41.5 Å². The number of urea groups is 1. The van der Waals surface area contributed by atoms with Crippen molar-refractivity contribution in [2.24, 2.45) is 5.11 Å². The standard InChI is InChI=1S/C10H12N8O4.C10H16N2O3S/c11-7-4-8(14-2-13-7)18(10(15-4)16-17-12)9-6(21)5(20)3(1-19)22-9;13-8(14)4-2-1-3-7-9-6(5-16-7)11-10(15)12-9/h2-3,5-6,9,19-21H,1H2,(H2,11,13,14);6-7,9H,1-5H2,(H,13,14)(H2,11,12,15)/t3-,5-,6-,9-;6-,7-,9-/m10/s1. The van der Waals surface area contributed by atoms with E-state index in [4.69, 9.17) is 26.2 Å². The van der Waals surface area contributed by atoms with E-state index in [1.807, 2.05) is 11.8 Å². The molecule has 18 heteroatoms. The first-order valence-electron chi connectivity index (χ1n) is 11.8. The van der Waals surface area contributed by atoms with E-state index in [2.05, 4.69) is 35.6 Å². The van der Waals surface area contributed by atoms with Gasteiger partial charge in [0.25, 0.3) is 0 Å². The molecule has 5 rings (SSSR count). The normalized spacial score (nSPS) is 29.7. The number of carbonyl (C=O) groups is 2. The largest absolute Gasteiger partial charge is 0.481 e. The SMILES string of the molecule is O=C(O)CCCC[C@@H]1SC[C@@H]2NC(=O)N[C@@H]21.[N-]=[N+]=Nc1nc2c(N)ncnc2n1[C@@H]1O[C@H](CO)[C@@H](O)[C@H]1O. The van der Waals surface area contributed by atoms with Crippen molar-refractivity contribution in [3.63, 3.8) is 0 Å². The Labute approximate surface area is 219 Å². The maximum Gasteiger partial charge on any atom is 0.315 e. The Bertz CT molecular complexity index is 1220. The fraction of sp³-hybridized carbons (Fsp3) is 0.650. The number of unbranched alkanes of at least 4 members (excludes halogenated alkanes) is 1. The molecule has 0 saturated carbocycles. The van der Waals surface area contributed by atoms with E-state index >= 15 is 0 Å². The van der Waals surface area contributed by atoms with Crippen LogP contribution in [0.3, 0.4) is 0 Å². The van der Waals surface area contributed by atoms with Gasteiger partial charge in [0.1, 0.15) is 24.6 Å². The van der Waals surface area contributed by atoms with Crippen LogP contribution in [0.15, 0.2) is 11.4 Å². The lowest BCUT2D eigenvalue weighted by Gasteiger charge is -2.17. The average molecular weight is 553 g/mol. The monoisotopic (exact) mass is 552 g/mol. The summed E-state index contributed by atoms with van der Waals surface area (Å²) in [4.78, 5) is 35.9. The van der Waals surface area contributed by atoms with Crippen LogP contribution >= 0.6 is 11.8 Å². The number of hydrogen-bond donors (Lipinski definition) is 7. The number of ether oxygens (including phenoxy) is 1. The van der Waals surface area contributed by atoms with Gasteiger partial charge in [0.05, 0.1) is 18.7 Å². The number of aliphatic hydroxyl groups excluding tert-OH is 3. The van der Waals surface area contributed by atoms with E-state index in [0.29, 0.717) is 5.25 Å². The summed E-state index contributed by atoms with van der Waals surface area (Å²) in [7, 11) is 0. The lowest BCUT2D eigenvalue weighted by molar-refractivity contribution is -0.137. The second kappa shape index (κ2) is 12.0. The molecule has 0 unspecified atom stereocenters. The van der Waals surface area contributed by atoms with Gasteiger partial charge >= 0.3 is 12.0 Å². The summed E-state index contributed by atoms with van der Waals surface area (Å²) in [5.41, 5.74) is 14.7. The number of aromatic nitrogens is 4. The third-order valence-electron chi connectivity index (χ3n) is 6.46. The molecule has 2 amide bonds. The number of nitrogen functional groups attached to an aromatic ring is 1. The number of amides is 2. The van der Waals surface area contributed by atoms with Gasteiger partial charge in [0.15, 0.2) is 23.2 Å². The maximum absolute atomic E-state index is 11.1. The molecule has 17 nitrogen and oxygen atoms in total. The van der Waals surface area contributed by atoms with Crippen molar-refractivity contribution in [1.82, 2.24) is 30.2 Å². The highest BCUT2D eigenvalue weighted by Crippen LogP contribution is 2.36. The number of imidazole rings is 1. The molecule has 3 saturated heterocycles. The number of thioether (sulfide) groups is 1. The molecule has 0 spiro atoms. The Morgan fingerprint density at radius 2 is 2.11 bits per heavy atom. The molecule has 2 aromatic heterocycles. The Kier molecular flexibility index (Phi) is 8.70. The van der Waals surface area contributed by atoms with Crippen LogP contribution in [0.25, 0.3) is 21.6 Å². The quantitative estimate of drug-likeness (QED) is 0.0735. The number of azide groups is 1. The predicted octanol–water partition coefficient (Wildman–Crippen LogP) is -0.241. The summed E-state index contributed by atoms with van der Waals surface area (Å²) >= 11 is 1.87. The Morgan fingerprint density at radius 3 is 2.79 bits per heavy atom. The Balaban J connectivity index is 0.000000186. The van der Waals surface area contributed by atoms with E-state index in [-0.39, 0.29) is 47.5 Å². The molecular formula is C20H28N10O7S. The van der Waals surface area contributed by atoms with Gasteiger partial charge in [0, 0.05) is 22.3 Å². The summed E-state index contributed by atoms with van der Waals surface area (Å²) in [6, 6.07) is 0.440. The van der Waals surface area contributed by atoms with E-state index in [9.17, 15) is 19.8 Å². The Morgan fingerprint density at radius 1 is 1.32 bits per heavy atom. The highest BCUT2D eigenvalue weighted by Gasteiger charge is 2.45. The smallest absolute Gasteiger partial charge is 0.315 e. The van der Waals surface area contributed by atoms with E-state index in [1.54, 1.807) is 0 Å². The van der Waals surface area contributed by atoms with Crippen molar-refractivity contribution in [3.8, 4) is 0 Å². The molecule has 5 heterocycles. The lowest BCUT2D eigenvalue weighted by atomic mass is 10.0. The molecule has 38 heavy (non-hydrogen) atoms. The van der Waals surface area contributed by atoms with Crippen molar-refractivity contribution in [2.45, 2.75) is 67.6 Å². The second-order valence-corrected chi connectivity index (χ2v) is 10.2. The van der Waals surface area contributed by atoms with Gasteiger partial charge in [-0.05, 0) is 23.5 Å². The van der Waals surface area contributed by atoms with E-state index in [1.165, 1.54) is 10.9 Å². The molecule has 0 aliphatic carbocycles. The molecule has 206 valence electrons. The van der Waals surface area contributed by atoms with Crippen molar-refractivity contribution in [3.05, 3.63) is 16.8 Å². The molecule has 0 aromatic carbocycles. The van der Waals surface area contributed by atoms with Crippen LogP contribution in [0.4, 0.5) is 16.6 Å². The first kappa shape index (κ1) is 27.6. The summed E-state index contributed by atoms with van der Waals surface area (Å²) in [5.74, 6) is 0.143. The molecule has 3 aliphatic rings. The zero-order valence-electron chi connectivity index (χ0n) is 20.0. The van der Waals surface area contributed by atoms with Gasteiger partial charge in [-0.1, -0.05) is 6.42 Å². The number of fused-ring (bicyclic) bond motifs is 2. The first-order chi connectivity index (χ1) is 18.2. The minimum absolute atomic E-state index is 0.0601. The number of carboxylic acid groups (broad SMARTS) is 1. The number of carbonyl (C=O) groups excluding carboxylic acids is 1. The fourth-order valence-corrected chi connectivity index (χ4v) is 6.16. The van der Waals surface area contributed by atoms with Crippen molar-refractivity contribution in [1.29, 1.82) is 0 Å². The molecule has 8 N–H and O–H groups in total.